The van der Waals surface area contributed by atoms with Crippen LogP contribution in [0.2, 0.25) is 5.02 Å². The number of benzene rings is 2. The molecule has 45 heavy (non-hydrogen) atoms. The van der Waals surface area contributed by atoms with Gasteiger partial charge in [0.15, 0.2) is 0 Å². The van der Waals surface area contributed by atoms with Gasteiger partial charge in [0.25, 0.3) is 0 Å². The number of aromatic nitrogens is 2. The van der Waals surface area contributed by atoms with E-state index in [2.05, 4.69) is 52.9 Å². The van der Waals surface area contributed by atoms with Crippen LogP contribution in [0.5, 0.6) is 6.01 Å². The van der Waals surface area contributed by atoms with Gasteiger partial charge in [-0.3, -0.25) is 4.90 Å². The van der Waals surface area contributed by atoms with Gasteiger partial charge in [-0.1, -0.05) is 42.8 Å². The molecular formula is C35H45ClN6O3. The van der Waals surface area contributed by atoms with Crippen molar-refractivity contribution in [3.63, 3.8) is 0 Å². The first-order valence-corrected chi connectivity index (χ1v) is 16.8. The molecule has 2 aromatic carbocycles. The normalized spacial score (nSPS) is 25.2. The van der Waals surface area contributed by atoms with E-state index in [-0.39, 0.29) is 18.2 Å². The van der Waals surface area contributed by atoms with Crippen LogP contribution < -0.4 is 14.5 Å². The third kappa shape index (κ3) is 5.89. The van der Waals surface area contributed by atoms with E-state index in [1.807, 2.05) is 37.8 Å². The summed E-state index contributed by atoms with van der Waals surface area (Å²) < 4.78 is 12.2. The van der Waals surface area contributed by atoms with Crippen molar-refractivity contribution in [3.05, 3.63) is 52.7 Å². The molecule has 1 amide bonds. The number of piperazine rings is 1. The predicted octanol–water partition coefficient (Wildman–Crippen LogP) is 6.15. The lowest BCUT2D eigenvalue weighted by molar-refractivity contribution is 0.0107. The zero-order valence-corrected chi connectivity index (χ0v) is 27.9. The van der Waals surface area contributed by atoms with Crippen LogP contribution in [0.3, 0.4) is 0 Å². The van der Waals surface area contributed by atoms with Crippen LogP contribution >= 0.6 is 11.6 Å². The molecule has 240 valence electrons. The van der Waals surface area contributed by atoms with E-state index in [1.54, 1.807) is 0 Å². The van der Waals surface area contributed by atoms with Gasteiger partial charge in [0.1, 0.15) is 18.0 Å². The van der Waals surface area contributed by atoms with Crippen LogP contribution in [0, 0.1) is 5.92 Å². The molecule has 0 aliphatic carbocycles. The Balaban J connectivity index is 1.21. The van der Waals surface area contributed by atoms with E-state index in [1.165, 1.54) is 12.0 Å². The van der Waals surface area contributed by atoms with Crippen molar-refractivity contribution in [2.24, 2.45) is 5.92 Å². The topological polar surface area (TPSA) is 74.3 Å². The Morgan fingerprint density at radius 3 is 2.60 bits per heavy atom. The van der Waals surface area contributed by atoms with Crippen LogP contribution in [0.25, 0.3) is 10.8 Å². The number of likely N-dealkylation sites (N-methyl/N-ethyl adjacent to an activating group) is 1. The maximum atomic E-state index is 13.3. The average molecular weight is 633 g/mol. The number of halogens is 1. The van der Waals surface area contributed by atoms with E-state index >= 15 is 0 Å². The van der Waals surface area contributed by atoms with Gasteiger partial charge in [0.2, 0.25) is 0 Å². The Morgan fingerprint density at radius 2 is 1.87 bits per heavy atom. The molecule has 0 N–H and O–H groups in total. The number of amides is 1. The second-order valence-corrected chi connectivity index (χ2v) is 14.8. The Morgan fingerprint density at radius 1 is 1.07 bits per heavy atom. The summed E-state index contributed by atoms with van der Waals surface area (Å²) >= 11 is 6.74. The van der Waals surface area contributed by atoms with Crippen molar-refractivity contribution in [2.45, 2.75) is 83.6 Å². The molecule has 7 rings (SSSR count). The lowest BCUT2D eigenvalue weighted by atomic mass is 10.0. The number of likely N-dealkylation sites (tertiary alicyclic amines) is 1. The number of fused-ring (bicyclic) bond motifs is 4. The number of carbonyl (C=O) groups excluding carboxylic acids is 1. The van der Waals surface area contributed by atoms with Crippen LogP contribution in [0.4, 0.5) is 16.3 Å². The fraction of sp³-hybridized carbons (Fsp3) is 0.571. The minimum atomic E-state index is -0.525. The highest BCUT2D eigenvalue weighted by Crippen LogP contribution is 2.41. The standard InChI is InChI=1S/C35H45ClN6O3/c1-22-17-25-18-41(20-30(22)42(25)34(43)45-35(2,3)4)32-26-14-16-40(29-13-7-10-23-9-6-12-27(36)31(23)29)19-28(26)37-33(38-32)44-21-24-11-8-15-39(24)5/h6-7,9-10,12-13,22,24-25,30H,8,11,14-21H2,1-5H3/t22-,24+,25-,30-/m1/s1. The fourth-order valence-electron chi connectivity index (χ4n) is 7.82. The van der Waals surface area contributed by atoms with Gasteiger partial charge in [-0.05, 0) is 83.5 Å². The Bertz CT molecular complexity index is 1590. The summed E-state index contributed by atoms with van der Waals surface area (Å²) in [4.78, 5) is 32.6. The van der Waals surface area contributed by atoms with Gasteiger partial charge < -0.3 is 24.2 Å². The van der Waals surface area contributed by atoms with Crippen LogP contribution in [0.1, 0.15) is 58.2 Å². The average Bonchev–Trinajstić information content (AvgIpc) is 3.50. The summed E-state index contributed by atoms with van der Waals surface area (Å²) in [5.41, 5.74) is 2.78. The van der Waals surface area contributed by atoms with Crippen molar-refractivity contribution in [1.29, 1.82) is 0 Å². The molecule has 9 nitrogen and oxygen atoms in total. The maximum absolute atomic E-state index is 13.3. The van der Waals surface area contributed by atoms with Gasteiger partial charge in [-0.2, -0.15) is 9.97 Å². The minimum Gasteiger partial charge on any atom is -0.462 e. The second kappa shape index (κ2) is 11.8. The van der Waals surface area contributed by atoms with Crippen LogP contribution in [0.15, 0.2) is 36.4 Å². The molecule has 0 radical (unpaired) electrons. The molecule has 0 unspecified atom stereocenters. The Kier molecular flexibility index (Phi) is 7.97. The number of carbonyl (C=O) groups is 1. The third-order valence-corrected chi connectivity index (χ3v) is 10.4. The van der Waals surface area contributed by atoms with Gasteiger partial charge in [0, 0.05) is 42.3 Å². The van der Waals surface area contributed by atoms with Gasteiger partial charge in [-0.25, -0.2) is 4.79 Å². The molecule has 2 bridgehead atoms. The van der Waals surface area contributed by atoms with E-state index in [0.29, 0.717) is 37.7 Å². The first-order valence-electron chi connectivity index (χ1n) is 16.5. The summed E-state index contributed by atoms with van der Waals surface area (Å²) in [7, 11) is 2.16. The second-order valence-electron chi connectivity index (χ2n) is 14.4. The molecule has 4 aliphatic rings. The summed E-state index contributed by atoms with van der Waals surface area (Å²) in [6.45, 7) is 12.6. The van der Waals surface area contributed by atoms with Crippen molar-refractivity contribution < 1.29 is 14.3 Å². The van der Waals surface area contributed by atoms with Crippen molar-refractivity contribution >= 4 is 40.0 Å². The fourth-order valence-corrected chi connectivity index (χ4v) is 8.10. The molecule has 10 heteroatoms. The smallest absolute Gasteiger partial charge is 0.410 e. The molecular weight excluding hydrogens is 588 g/mol. The van der Waals surface area contributed by atoms with Gasteiger partial charge >= 0.3 is 12.1 Å². The molecule has 0 spiro atoms. The maximum Gasteiger partial charge on any atom is 0.410 e. The van der Waals surface area contributed by atoms with Crippen LogP contribution in [-0.4, -0.2) is 89.4 Å². The Hall–Kier alpha value is -3.30. The van der Waals surface area contributed by atoms with Gasteiger partial charge in [0.05, 0.1) is 29.3 Å². The molecule has 3 saturated heterocycles. The SMILES string of the molecule is C[C@@H]1C[C@@H]2CN(c3nc(OC[C@@H]4CCCN4C)nc4c3CCN(c3cccc5cccc(Cl)c35)C4)C[C@H]1N2C(=O)OC(C)(C)C. The number of hydrogen-bond acceptors (Lipinski definition) is 8. The molecule has 4 aliphatic heterocycles. The zero-order valence-electron chi connectivity index (χ0n) is 27.1. The third-order valence-electron chi connectivity index (χ3n) is 10.1. The quantitative estimate of drug-likeness (QED) is 0.332. The number of hydrogen-bond donors (Lipinski definition) is 0. The monoisotopic (exact) mass is 632 g/mol. The highest BCUT2D eigenvalue weighted by Gasteiger charge is 2.49. The lowest BCUT2D eigenvalue weighted by Crippen LogP contribution is -2.58. The predicted molar refractivity (Wildman–Crippen MR) is 179 cm³/mol. The largest absolute Gasteiger partial charge is 0.462 e. The summed E-state index contributed by atoms with van der Waals surface area (Å²) in [5.74, 6) is 1.34. The summed E-state index contributed by atoms with van der Waals surface area (Å²) in [6, 6.07) is 13.4. The van der Waals surface area contributed by atoms with Crippen molar-refractivity contribution in [3.8, 4) is 6.01 Å². The molecule has 0 saturated carbocycles. The number of anilines is 2. The summed E-state index contributed by atoms with van der Waals surface area (Å²) in [6.07, 6.45) is 3.87. The van der Waals surface area contributed by atoms with Gasteiger partial charge in [-0.15, -0.1) is 0 Å². The highest BCUT2D eigenvalue weighted by atomic mass is 35.5. The number of rotatable bonds is 5. The van der Waals surface area contributed by atoms with E-state index < -0.39 is 5.60 Å². The molecule has 3 aromatic rings. The van der Waals surface area contributed by atoms with Crippen molar-refractivity contribution in [1.82, 2.24) is 19.8 Å². The molecule has 5 heterocycles. The Labute approximate surface area is 271 Å². The van der Waals surface area contributed by atoms with Crippen LogP contribution in [-0.2, 0) is 17.7 Å². The molecule has 4 atom stereocenters. The molecule has 1 aromatic heterocycles. The highest BCUT2D eigenvalue weighted by molar-refractivity contribution is 6.36. The number of ether oxygens (including phenoxy) is 2. The lowest BCUT2D eigenvalue weighted by Gasteiger charge is -2.43. The minimum absolute atomic E-state index is 0.0682. The first-order chi connectivity index (χ1) is 21.6. The van der Waals surface area contributed by atoms with E-state index in [0.717, 1.165) is 71.9 Å². The van der Waals surface area contributed by atoms with E-state index in [4.69, 9.17) is 31.0 Å². The molecule has 3 fully saturated rings. The summed E-state index contributed by atoms with van der Waals surface area (Å²) in [5, 5.41) is 2.96. The zero-order chi connectivity index (χ0) is 31.5. The number of nitrogens with zero attached hydrogens (tertiary/aromatic N) is 6. The van der Waals surface area contributed by atoms with Crippen molar-refractivity contribution in [2.75, 3.05) is 49.6 Å². The van der Waals surface area contributed by atoms with E-state index in [9.17, 15) is 4.79 Å². The first kappa shape index (κ1) is 30.4.